The Morgan fingerprint density at radius 3 is 2.29 bits per heavy atom. The molecule has 0 aliphatic rings. The van der Waals surface area contributed by atoms with Crippen LogP contribution in [0.5, 0.6) is 0 Å². The van der Waals surface area contributed by atoms with Crippen LogP contribution in [0.4, 0.5) is 0 Å². The molecule has 0 spiro atoms. The number of aliphatic hydroxyl groups is 1. The molecule has 2 unspecified atom stereocenters. The highest BCUT2D eigenvalue weighted by atomic mass is 16.5. The van der Waals surface area contributed by atoms with Gasteiger partial charge in [-0.1, -0.05) is 54.6 Å². The van der Waals surface area contributed by atoms with Crippen LogP contribution in [0.25, 0.3) is 11.1 Å². The summed E-state index contributed by atoms with van der Waals surface area (Å²) in [4.78, 5) is 35.4. The summed E-state index contributed by atoms with van der Waals surface area (Å²) in [6, 6.07) is 18.0. The normalized spacial score (nSPS) is 13.9. The largest absolute Gasteiger partial charge is 0.481 e. The van der Waals surface area contributed by atoms with Crippen molar-refractivity contribution < 1.29 is 24.3 Å². The fraction of sp³-hybridized carbons (Fsp3) is 0.261. The van der Waals surface area contributed by atoms with Crippen LogP contribution in [0.15, 0.2) is 70.0 Å². The number of H-pyrrole nitrogens is 1. The lowest BCUT2D eigenvalue weighted by Crippen LogP contribution is -2.44. The Morgan fingerprint density at radius 2 is 1.74 bits per heavy atom. The number of aliphatic hydroxyl groups excluding tert-OH is 1. The average Bonchev–Trinajstić information content (AvgIpc) is 3.21. The minimum Gasteiger partial charge on any atom is -0.481 e. The van der Waals surface area contributed by atoms with E-state index in [1.54, 1.807) is 0 Å². The second-order valence-corrected chi connectivity index (χ2v) is 7.74. The first-order valence-electron chi connectivity index (χ1n) is 9.79. The zero-order valence-corrected chi connectivity index (χ0v) is 17.0. The number of aromatic amines is 1. The number of benzene rings is 2. The average molecular weight is 424 g/mol. The van der Waals surface area contributed by atoms with E-state index >= 15 is 0 Å². The van der Waals surface area contributed by atoms with Gasteiger partial charge in [0.2, 0.25) is 5.76 Å². The fourth-order valence-electron chi connectivity index (χ4n) is 3.34. The Kier molecular flexibility index (Phi) is 6.71. The van der Waals surface area contributed by atoms with E-state index < -0.39 is 35.5 Å². The van der Waals surface area contributed by atoms with Crippen molar-refractivity contribution in [1.82, 2.24) is 10.5 Å². The van der Waals surface area contributed by atoms with E-state index in [0.717, 1.165) is 22.8 Å². The van der Waals surface area contributed by atoms with Gasteiger partial charge in [0.05, 0.1) is 18.1 Å². The first-order valence-corrected chi connectivity index (χ1v) is 9.79. The van der Waals surface area contributed by atoms with Crippen LogP contribution in [0.2, 0.25) is 0 Å². The van der Waals surface area contributed by atoms with Crippen LogP contribution < -0.4 is 10.9 Å². The van der Waals surface area contributed by atoms with Crippen molar-refractivity contribution in [2.45, 2.75) is 25.8 Å². The van der Waals surface area contributed by atoms with Gasteiger partial charge < -0.3 is 20.1 Å². The third kappa shape index (κ3) is 5.49. The maximum absolute atomic E-state index is 12.5. The van der Waals surface area contributed by atoms with E-state index in [9.17, 15) is 24.6 Å². The minimum atomic E-state index is -1.44. The Labute approximate surface area is 178 Å². The summed E-state index contributed by atoms with van der Waals surface area (Å²) in [5.41, 5.74) is 0.987. The van der Waals surface area contributed by atoms with Crippen LogP contribution in [-0.2, 0) is 11.2 Å². The Bertz CT molecular complexity index is 1090. The number of hydrogen-bond acceptors (Lipinski definition) is 5. The zero-order valence-electron chi connectivity index (χ0n) is 17.0. The molecule has 2 atom stereocenters. The summed E-state index contributed by atoms with van der Waals surface area (Å²) in [6.07, 6.45) is 0.317. The lowest BCUT2D eigenvalue weighted by atomic mass is 9.82. The number of nitrogens with one attached hydrogen (secondary N) is 2. The SMILES string of the molecule is CC(CO)(CC(Cc1ccc(-c2ccccc2)cc1)NC(=O)c1cc(=O)[nH]o1)C(=O)O. The van der Waals surface area contributed by atoms with Gasteiger partial charge in [0, 0.05) is 6.04 Å². The number of carbonyl (C=O) groups excluding carboxylic acids is 1. The molecule has 162 valence electrons. The van der Waals surface area contributed by atoms with Crippen molar-refractivity contribution in [1.29, 1.82) is 0 Å². The number of carbonyl (C=O) groups is 2. The number of hydrogen-bond donors (Lipinski definition) is 4. The number of carboxylic acids is 1. The number of amides is 1. The van der Waals surface area contributed by atoms with E-state index in [2.05, 4.69) is 5.32 Å². The maximum atomic E-state index is 12.5. The summed E-state index contributed by atoms with van der Waals surface area (Å²) in [5, 5.41) is 23.9. The number of aromatic nitrogens is 1. The summed E-state index contributed by atoms with van der Waals surface area (Å²) in [6.45, 7) is 0.838. The third-order valence-corrected chi connectivity index (χ3v) is 5.19. The highest BCUT2D eigenvalue weighted by Crippen LogP contribution is 2.26. The predicted octanol–water partition coefficient (Wildman–Crippen LogP) is 2.45. The van der Waals surface area contributed by atoms with Crippen LogP contribution in [0.1, 0.15) is 29.5 Å². The van der Waals surface area contributed by atoms with Crippen molar-refractivity contribution in [3.8, 4) is 11.1 Å². The molecular formula is C23H24N2O6. The zero-order chi connectivity index (χ0) is 22.4. The van der Waals surface area contributed by atoms with Gasteiger partial charge in [0.1, 0.15) is 0 Å². The van der Waals surface area contributed by atoms with E-state index in [4.69, 9.17) is 4.52 Å². The second kappa shape index (κ2) is 9.44. The number of rotatable bonds is 9. The van der Waals surface area contributed by atoms with Gasteiger partial charge >= 0.3 is 5.97 Å². The molecule has 3 rings (SSSR count). The molecule has 8 heteroatoms. The molecule has 0 fully saturated rings. The highest BCUT2D eigenvalue weighted by molar-refractivity contribution is 5.91. The van der Waals surface area contributed by atoms with Crippen LogP contribution in [0, 0.1) is 5.41 Å². The Morgan fingerprint density at radius 1 is 1.10 bits per heavy atom. The Balaban J connectivity index is 1.80. The molecule has 3 aromatic rings. The molecule has 8 nitrogen and oxygen atoms in total. The van der Waals surface area contributed by atoms with Crippen LogP contribution >= 0.6 is 0 Å². The van der Waals surface area contributed by atoms with Crippen molar-refractivity contribution >= 4 is 11.9 Å². The van der Waals surface area contributed by atoms with E-state index in [1.807, 2.05) is 59.8 Å². The lowest BCUT2D eigenvalue weighted by molar-refractivity contribution is -0.151. The van der Waals surface area contributed by atoms with Gasteiger partial charge in [-0.05, 0) is 36.5 Å². The first kappa shape index (κ1) is 22.0. The summed E-state index contributed by atoms with van der Waals surface area (Å²) < 4.78 is 4.83. The molecule has 0 aliphatic carbocycles. The van der Waals surface area contributed by atoms with E-state index in [-0.39, 0.29) is 12.2 Å². The fourth-order valence-corrected chi connectivity index (χ4v) is 3.34. The molecule has 0 saturated carbocycles. The quantitative estimate of drug-likeness (QED) is 0.417. The Hall–Kier alpha value is -3.65. The van der Waals surface area contributed by atoms with Gasteiger partial charge in [0.15, 0.2) is 0 Å². The van der Waals surface area contributed by atoms with Gasteiger partial charge in [-0.3, -0.25) is 14.4 Å². The summed E-state index contributed by atoms with van der Waals surface area (Å²) in [5.74, 6) is -2.01. The summed E-state index contributed by atoms with van der Waals surface area (Å²) >= 11 is 0. The maximum Gasteiger partial charge on any atom is 0.311 e. The minimum absolute atomic E-state index is 0.0142. The van der Waals surface area contributed by atoms with Crippen molar-refractivity contribution in [3.63, 3.8) is 0 Å². The van der Waals surface area contributed by atoms with Crippen molar-refractivity contribution in [2.24, 2.45) is 5.41 Å². The molecule has 2 aromatic carbocycles. The molecule has 1 heterocycles. The van der Waals surface area contributed by atoms with Gasteiger partial charge in [-0.15, -0.1) is 0 Å². The molecule has 31 heavy (non-hydrogen) atoms. The van der Waals surface area contributed by atoms with Crippen molar-refractivity contribution in [2.75, 3.05) is 6.61 Å². The molecule has 0 radical (unpaired) electrons. The number of aliphatic carboxylic acids is 1. The van der Waals surface area contributed by atoms with Gasteiger partial charge in [0.25, 0.3) is 11.5 Å². The summed E-state index contributed by atoms with van der Waals surface area (Å²) in [7, 11) is 0. The van der Waals surface area contributed by atoms with Crippen LogP contribution in [0.3, 0.4) is 0 Å². The van der Waals surface area contributed by atoms with E-state index in [1.165, 1.54) is 6.92 Å². The molecular weight excluding hydrogens is 400 g/mol. The first-order chi connectivity index (χ1) is 14.8. The lowest BCUT2D eigenvalue weighted by Gasteiger charge is -2.28. The highest BCUT2D eigenvalue weighted by Gasteiger charge is 2.36. The number of carboxylic acid groups (broad SMARTS) is 1. The standard InChI is InChI=1S/C23H24N2O6/c1-23(14-26,22(29)30)13-18(24-21(28)19-12-20(27)25-31-19)11-15-7-9-17(10-8-15)16-5-3-2-4-6-16/h2-10,12,18,26H,11,13-14H2,1H3,(H,24,28)(H,25,27)(H,29,30). The third-order valence-electron chi connectivity index (χ3n) is 5.19. The van der Waals surface area contributed by atoms with Gasteiger partial charge in [-0.2, -0.15) is 5.16 Å². The predicted molar refractivity (Wildman–Crippen MR) is 114 cm³/mol. The van der Waals surface area contributed by atoms with Crippen molar-refractivity contribution in [3.05, 3.63) is 82.3 Å². The molecule has 1 amide bonds. The monoisotopic (exact) mass is 424 g/mol. The topological polar surface area (TPSA) is 133 Å². The smallest absolute Gasteiger partial charge is 0.311 e. The molecule has 0 saturated heterocycles. The van der Waals surface area contributed by atoms with Gasteiger partial charge in [-0.25, -0.2) is 0 Å². The molecule has 0 aliphatic heterocycles. The second-order valence-electron chi connectivity index (χ2n) is 7.74. The van der Waals surface area contributed by atoms with E-state index in [0.29, 0.717) is 6.42 Å². The van der Waals surface area contributed by atoms with Crippen LogP contribution in [-0.4, -0.2) is 39.9 Å². The molecule has 0 bridgehead atoms. The molecule has 1 aromatic heterocycles. The molecule has 4 N–H and O–H groups in total.